The van der Waals surface area contributed by atoms with E-state index in [2.05, 4.69) is 0 Å². The van der Waals surface area contributed by atoms with Crippen LogP contribution in [0.5, 0.6) is 11.5 Å². The van der Waals surface area contributed by atoms with E-state index in [1.54, 1.807) is 0 Å². The van der Waals surface area contributed by atoms with Crippen molar-refractivity contribution in [2.75, 3.05) is 27.3 Å². The van der Waals surface area contributed by atoms with Gasteiger partial charge in [-0.1, -0.05) is 6.07 Å². The predicted molar refractivity (Wildman–Crippen MR) is 81.5 cm³/mol. The second kappa shape index (κ2) is 6.95. The molecule has 0 aromatic heterocycles. The van der Waals surface area contributed by atoms with Crippen molar-refractivity contribution in [1.29, 1.82) is 0 Å². The topological polar surface area (TPSA) is 41.9 Å². The van der Waals surface area contributed by atoms with E-state index in [9.17, 15) is 5.11 Å². The largest absolute Gasteiger partial charge is 0.490 e. The number of aliphatic hydroxyl groups excluding tert-OH is 1. The molecule has 0 aliphatic rings. The molecule has 1 N–H and O–H groups in total. The van der Waals surface area contributed by atoms with Crippen molar-refractivity contribution in [3.05, 3.63) is 23.8 Å². The molecule has 114 valence electrons. The van der Waals surface area contributed by atoms with Gasteiger partial charge in [-0.15, -0.1) is 0 Å². The molecule has 1 rings (SSSR count). The Kier molecular flexibility index (Phi) is 5.84. The molecule has 0 amide bonds. The zero-order valence-electron chi connectivity index (χ0n) is 13.4. The molecule has 0 fully saturated rings. The summed E-state index contributed by atoms with van der Waals surface area (Å²) in [4.78, 5) is 2.01. The molecule has 0 radical (unpaired) electrons. The number of rotatable bonds is 7. The predicted octanol–water partition coefficient (Wildman–Crippen LogP) is 2.86. The van der Waals surface area contributed by atoms with Crippen LogP contribution in [0.25, 0.3) is 0 Å². The van der Waals surface area contributed by atoms with Gasteiger partial charge in [0.2, 0.25) is 0 Å². The third kappa shape index (κ3) is 3.64. The Bertz CT molecular complexity index is 430. The van der Waals surface area contributed by atoms with Gasteiger partial charge in [0, 0.05) is 5.54 Å². The molecule has 1 aromatic carbocycles. The lowest BCUT2D eigenvalue weighted by Gasteiger charge is -2.37. The Hall–Kier alpha value is -1.26. The van der Waals surface area contributed by atoms with Crippen LogP contribution in [0.1, 0.15) is 39.4 Å². The lowest BCUT2D eigenvalue weighted by atomic mass is 9.90. The average molecular weight is 281 g/mol. The number of benzene rings is 1. The molecule has 0 saturated carbocycles. The summed E-state index contributed by atoms with van der Waals surface area (Å²) in [6, 6.07) is 5.62. The quantitative estimate of drug-likeness (QED) is 0.834. The smallest absolute Gasteiger partial charge is 0.161 e. The highest BCUT2D eigenvalue weighted by Gasteiger charge is 2.31. The van der Waals surface area contributed by atoms with Gasteiger partial charge in [-0.2, -0.15) is 0 Å². The van der Waals surface area contributed by atoms with E-state index in [1.165, 1.54) is 0 Å². The van der Waals surface area contributed by atoms with Crippen molar-refractivity contribution in [3.63, 3.8) is 0 Å². The fraction of sp³-hybridized carbons (Fsp3) is 0.625. The number of hydrogen-bond acceptors (Lipinski definition) is 4. The summed E-state index contributed by atoms with van der Waals surface area (Å²) in [6.07, 6.45) is -0.604. The molecule has 0 heterocycles. The van der Waals surface area contributed by atoms with E-state index in [4.69, 9.17) is 9.47 Å². The second-order valence-electron chi connectivity index (χ2n) is 5.52. The molecule has 1 atom stereocenters. The lowest BCUT2D eigenvalue weighted by Crippen LogP contribution is -2.43. The first kappa shape index (κ1) is 16.8. The summed E-state index contributed by atoms with van der Waals surface area (Å²) in [7, 11) is 3.92. The van der Waals surface area contributed by atoms with Crippen LogP contribution in [0.3, 0.4) is 0 Å². The van der Waals surface area contributed by atoms with Gasteiger partial charge in [-0.25, -0.2) is 0 Å². The van der Waals surface area contributed by atoms with Crippen LogP contribution in [-0.2, 0) is 0 Å². The number of ether oxygens (including phenoxy) is 2. The molecule has 0 saturated heterocycles. The number of aliphatic hydroxyl groups is 1. The molecule has 4 nitrogen and oxygen atoms in total. The highest BCUT2D eigenvalue weighted by molar-refractivity contribution is 5.44. The van der Waals surface area contributed by atoms with Gasteiger partial charge in [0.1, 0.15) is 0 Å². The highest BCUT2D eigenvalue weighted by atomic mass is 16.5. The minimum atomic E-state index is -0.604. The highest BCUT2D eigenvalue weighted by Crippen LogP contribution is 2.35. The van der Waals surface area contributed by atoms with Gasteiger partial charge in [-0.3, -0.25) is 0 Å². The van der Waals surface area contributed by atoms with Crippen LogP contribution in [0.2, 0.25) is 0 Å². The van der Waals surface area contributed by atoms with E-state index >= 15 is 0 Å². The maximum absolute atomic E-state index is 10.6. The van der Waals surface area contributed by atoms with Gasteiger partial charge in [0.15, 0.2) is 11.5 Å². The molecular formula is C16H27NO3. The van der Waals surface area contributed by atoms with Crippen LogP contribution in [0.15, 0.2) is 18.2 Å². The Balaban J connectivity index is 3.10. The van der Waals surface area contributed by atoms with Crippen LogP contribution in [0.4, 0.5) is 0 Å². The van der Waals surface area contributed by atoms with Gasteiger partial charge < -0.3 is 19.5 Å². The summed E-state index contributed by atoms with van der Waals surface area (Å²) in [5.41, 5.74) is 0.465. The summed E-state index contributed by atoms with van der Waals surface area (Å²) < 4.78 is 11.1. The summed E-state index contributed by atoms with van der Waals surface area (Å²) >= 11 is 0. The third-order valence-corrected chi connectivity index (χ3v) is 3.70. The van der Waals surface area contributed by atoms with E-state index in [1.807, 2.05) is 64.9 Å². The van der Waals surface area contributed by atoms with Crippen LogP contribution in [-0.4, -0.2) is 42.9 Å². The van der Waals surface area contributed by atoms with E-state index in [0.29, 0.717) is 24.7 Å². The summed E-state index contributed by atoms with van der Waals surface area (Å²) in [5.74, 6) is 1.40. The molecule has 0 aliphatic carbocycles. The minimum Gasteiger partial charge on any atom is -0.490 e. The van der Waals surface area contributed by atoms with Gasteiger partial charge in [0.25, 0.3) is 0 Å². The van der Waals surface area contributed by atoms with Crippen molar-refractivity contribution in [2.24, 2.45) is 0 Å². The van der Waals surface area contributed by atoms with E-state index in [-0.39, 0.29) is 5.54 Å². The number of nitrogens with zero attached hydrogens (tertiary/aromatic N) is 1. The Morgan fingerprint density at radius 1 is 1.10 bits per heavy atom. The van der Waals surface area contributed by atoms with Crippen LogP contribution >= 0.6 is 0 Å². The minimum absolute atomic E-state index is 0.364. The SMILES string of the molecule is CCOc1ccc(C(O)C(C)(C)N(C)C)cc1OCC. The van der Waals surface area contributed by atoms with Crippen molar-refractivity contribution >= 4 is 0 Å². The Labute approximate surface area is 122 Å². The first-order chi connectivity index (χ1) is 9.34. The molecule has 1 aromatic rings. The zero-order chi connectivity index (χ0) is 15.3. The molecule has 20 heavy (non-hydrogen) atoms. The maximum Gasteiger partial charge on any atom is 0.161 e. The fourth-order valence-electron chi connectivity index (χ4n) is 1.89. The second-order valence-corrected chi connectivity index (χ2v) is 5.52. The average Bonchev–Trinajstić information content (AvgIpc) is 2.40. The van der Waals surface area contributed by atoms with Crippen LogP contribution < -0.4 is 9.47 Å². The van der Waals surface area contributed by atoms with Gasteiger partial charge >= 0.3 is 0 Å². The third-order valence-electron chi connectivity index (χ3n) is 3.70. The fourth-order valence-corrected chi connectivity index (χ4v) is 1.89. The van der Waals surface area contributed by atoms with Crippen LogP contribution in [0, 0.1) is 0 Å². The van der Waals surface area contributed by atoms with E-state index < -0.39 is 6.10 Å². The van der Waals surface area contributed by atoms with Crippen molar-refractivity contribution in [3.8, 4) is 11.5 Å². The standard InChI is InChI=1S/C16H27NO3/c1-7-19-13-10-9-12(11-14(13)20-8-2)15(18)16(3,4)17(5)6/h9-11,15,18H,7-8H2,1-6H3. The van der Waals surface area contributed by atoms with Crippen molar-refractivity contribution in [1.82, 2.24) is 4.90 Å². The molecular weight excluding hydrogens is 254 g/mol. The Morgan fingerprint density at radius 3 is 2.15 bits per heavy atom. The Morgan fingerprint density at radius 2 is 1.65 bits per heavy atom. The number of hydrogen-bond donors (Lipinski definition) is 1. The van der Waals surface area contributed by atoms with Crippen molar-refractivity contribution < 1.29 is 14.6 Å². The van der Waals surface area contributed by atoms with Gasteiger partial charge in [-0.05, 0) is 59.5 Å². The first-order valence-corrected chi connectivity index (χ1v) is 7.09. The summed E-state index contributed by atoms with van der Waals surface area (Å²) in [6.45, 7) is 9.04. The first-order valence-electron chi connectivity index (χ1n) is 7.09. The molecule has 0 bridgehead atoms. The molecule has 0 spiro atoms. The normalized spacial score (nSPS) is 13.4. The van der Waals surface area contributed by atoms with Gasteiger partial charge in [0.05, 0.1) is 19.3 Å². The summed E-state index contributed by atoms with van der Waals surface area (Å²) in [5, 5.41) is 10.6. The van der Waals surface area contributed by atoms with E-state index in [0.717, 1.165) is 5.56 Å². The molecule has 0 aliphatic heterocycles. The molecule has 4 heteroatoms. The number of likely N-dealkylation sites (N-methyl/N-ethyl adjacent to an activating group) is 1. The monoisotopic (exact) mass is 281 g/mol. The molecule has 1 unspecified atom stereocenters. The maximum atomic E-state index is 10.6. The zero-order valence-corrected chi connectivity index (χ0v) is 13.4. The van der Waals surface area contributed by atoms with Crippen molar-refractivity contribution in [2.45, 2.75) is 39.3 Å². The lowest BCUT2D eigenvalue weighted by molar-refractivity contribution is 0.0162.